The molecule has 0 aromatic rings. The summed E-state index contributed by atoms with van der Waals surface area (Å²) in [5.41, 5.74) is 1.20. The predicted molar refractivity (Wildman–Crippen MR) is 43.9 cm³/mol. The Labute approximate surface area is 71.5 Å². The Balaban J connectivity index is 2.21. The van der Waals surface area contributed by atoms with Gasteiger partial charge in [-0.25, -0.2) is 4.79 Å². The van der Waals surface area contributed by atoms with Crippen molar-refractivity contribution >= 4 is 6.09 Å². The number of hydrogen-bond donors (Lipinski definition) is 1. The molecule has 0 unspecified atom stereocenters. The van der Waals surface area contributed by atoms with Crippen LogP contribution in [0.1, 0.15) is 6.42 Å². The van der Waals surface area contributed by atoms with E-state index in [-0.39, 0.29) is 6.09 Å². The molecule has 0 aromatic carbocycles. The first kappa shape index (κ1) is 9.06. The highest BCUT2D eigenvalue weighted by atomic mass is 16.5. The second-order valence-corrected chi connectivity index (χ2v) is 2.53. The highest BCUT2D eigenvalue weighted by molar-refractivity contribution is 5.67. The van der Waals surface area contributed by atoms with Gasteiger partial charge in [-0.2, -0.15) is 0 Å². The van der Waals surface area contributed by atoms with E-state index < -0.39 is 0 Å². The van der Waals surface area contributed by atoms with E-state index in [0.29, 0.717) is 13.2 Å². The molecule has 4 heteroatoms. The minimum Gasteiger partial charge on any atom is -0.453 e. The van der Waals surface area contributed by atoms with Crippen LogP contribution >= 0.6 is 0 Å². The molecule has 0 aromatic heterocycles. The molecular formula is C8H13NO3. The van der Waals surface area contributed by atoms with E-state index in [1.54, 1.807) is 0 Å². The first-order valence-corrected chi connectivity index (χ1v) is 3.90. The zero-order valence-electron chi connectivity index (χ0n) is 7.13. The smallest absolute Gasteiger partial charge is 0.407 e. The van der Waals surface area contributed by atoms with Crippen LogP contribution in [0.25, 0.3) is 0 Å². The number of carbonyl (C=O) groups excluding carboxylic acids is 1. The molecule has 1 aliphatic rings. The third-order valence-electron chi connectivity index (χ3n) is 1.70. The van der Waals surface area contributed by atoms with Gasteiger partial charge in [0.1, 0.15) is 0 Å². The van der Waals surface area contributed by atoms with Gasteiger partial charge >= 0.3 is 6.09 Å². The third-order valence-corrected chi connectivity index (χ3v) is 1.70. The van der Waals surface area contributed by atoms with Crippen molar-refractivity contribution < 1.29 is 14.3 Å². The van der Waals surface area contributed by atoms with E-state index in [1.165, 1.54) is 12.7 Å². The van der Waals surface area contributed by atoms with Gasteiger partial charge in [0.2, 0.25) is 0 Å². The quantitative estimate of drug-likeness (QED) is 0.622. The Morgan fingerprint density at radius 3 is 3.25 bits per heavy atom. The molecule has 4 nitrogen and oxygen atoms in total. The molecule has 0 bridgehead atoms. The molecule has 0 saturated carbocycles. The van der Waals surface area contributed by atoms with Gasteiger partial charge < -0.3 is 14.8 Å². The minimum absolute atomic E-state index is 0.387. The third kappa shape index (κ3) is 2.92. The molecule has 0 saturated heterocycles. The maximum absolute atomic E-state index is 10.7. The average molecular weight is 171 g/mol. The number of hydrogen-bond acceptors (Lipinski definition) is 3. The van der Waals surface area contributed by atoms with Crippen LogP contribution in [-0.4, -0.2) is 33.0 Å². The number of rotatable bonds is 2. The van der Waals surface area contributed by atoms with Gasteiger partial charge in [-0.15, -0.1) is 0 Å². The molecule has 0 fully saturated rings. The van der Waals surface area contributed by atoms with Crippen molar-refractivity contribution in [3.8, 4) is 0 Å². The second kappa shape index (κ2) is 4.77. The summed E-state index contributed by atoms with van der Waals surface area (Å²) in [6, 6.07) is 0. The van der Waals surface area contributed by atoms with Gasteiger partial charge in [0.05, 0.1) is 20.3 Å². The summed E-state index contributed by atoms with van der Waals surface area (Å²) in [6.07, 6.45) is 2.49. The molecule has 1 heterocycles. The van der Waals surface area contributed by atoms with Crippen molar-refractivity contribution in [3.05, 3.63) is 11.6 Å². The molecule has 1 amide bonds. The number of ether oxygens (including phenoxy) is 2. The van der Waals surface area contributed by atoms with Gasteiger partial charge in [-0.05, 0) is 6.42 Å². The Kier molecular flexibility index (Phi) is 3.60. The summed E-state index contributed by atoms with van der Waals surface area (Å²) < 4.78 is 9.55. The van der Waals surface area contributed by atoms with Gasteiger partial charge in [-0.3, -0.25) is 0 Å². The predicted octanol–water partition coefficient (Wildman–Crippen LogP) is 0.689. The van der Waals surface area contributed by atoms with Crippen molar-refractivity contribution in [1.82, 2.24) is 5.32 Å². The van der Waals surface area contributed by atoms with E-state index in [2.05, 4.69) is 10.1 Å². The van der Waals surface area contributed by atoms with Crippen LogP contribution < -0.4 is 5.32 Å². The molecule has 0 radical (unpaired) electrons. The Morgan fingerprint density at radius 2 is 2.67 bits per heavy atom. The van der Waals surface area contributed by atoms with Crippen molar-refractivity contribution in [2.45, 2.75) is 6.42 Å². The van der Waals surface area contributed by atoms with Gasteiger partial charge in [0, 0.05) is 6.54 Å². The monoisotopic (exact) mass is 171 g/mol. The summed E-state index contributed by atoms with van der Waals surface area (Å²) >= 11 is 0. The van der Waals surface area contributed by atoms with Crippen LogP contribution in [0.15, 0.2) is 11.6 Å². The molecular weight excluding hydrogens is 158 g/mol. The van der Waals surface area contributed by atoms with E-state index >= 15 is 0 Å². The van der Waals surface area contributed by atoms with Gasteiger partial charge in [0.15, 0.2) is 0 Å². The molecule has 1 rings (SSSR count). The van der Waals surface area contributed by atoms with Crippen molar-refractivity contribution in [1.29, 1.82) is 0 Å². The van der Waals surface area contributed by atoms with E-state index in [9.17, 15) is 4.79 Å². The Bertz CT molecular complexity index is 189. The lowest BCUT2D eigenvalue weighted by Gasteiger charge is -2.13. The first-order valence-electron chi connectivity index (χ1n) is 3.90. The Hall–Kier alpha value is -1.03. The van der Waals surface area contributed by atoms with Crippen molar-refractivity contribution in [2.24, 2.45) is 0 Å². The van der Waals surface area contributed by atoms with E-state index in [0.717, 1.165) is 13.0 Å². The number of alkyl carbamates (subject to hydrolysis) is 1. The molecule has 0 atom stereocenters. The molecule has 1 N–H and O–H groups in total. The van der Waals surface area contributed by atoms with Crippen LogP contribution in [0.5, 0.6) is 0 Å². The summed E-state index contributed by atoms with van der Waals surface area (Å²) in [4.78, 5) is 10.7. The first-order chi connectivity index (χ1) is 5.83. The van der Waals surface area contributed by atoms with E-state index in [4.69, 9.17) is 4.74 Å². The van der Waals surface area contributed by atoms with Crippen LogP contribution in [0.3, 0.4) is 0 Å². The fourth-order valence-electron chi connectivity index (χ4n) is 0.984. The molecule has 12 heavy (non-hydrogen) atoms. The summed E-state index contributed by atoms with van der Waals surface area (Å²) in [5.74, 6) is 0. The zero-order chi connectivity index (χ0) is 8.81. The molecule has 1 aliphatic heterocycles. The Morgan fingerprint density at radius 1 is 1.83 bits per heavy atom. The average Bonchev–Trinajstić information content (AvgIpc) is 2.16. The topological polar surface area (TPSA) is 47.6 Å². The number of amides is 1. The fraction of sp³-hybridized carbons (Fsp3) is 0.625. The van der Waals surface area contributed by atoms with Crippen molar-refractivity contribution in [3.63, 3.8) is 0 Å². The second-order valence-electron chi connectivity index (χ2n) is 2.53. The normalized spacial score (nSPS) is 16.6. The highest BCUT2D eigenvalue weighted by Crippen LogP contribution is 2.05. The lowest BCUT2D eigenvalue weighted by Crippen LogP contribution is -2.26. The van der Waals surface area contributed by atoms with Crippen LogP contribution in [0.4, 0.5) is 4.79 Å². The number of nitrogens with one attached hydrogen (secondary N) is 1. The lowest BCUT2D eigenvalue weighted by atomic mass is 10.1. The standard InChI is InChI=1S/C8H13NO3/c1-11-8(10)9-6-7-2-4-12-5-3-7/h2H,3-6H2,1H3,(H,9,10). The summed E-state index contributed by atoms with van der Waals surface area (Å²) in [6.45, 7) is 1.96. The SMILES string of the molecule is COC(=O)NCC1=CCOCC1. The summed E-state index contributed by atoms with van der Waals surface area (Å²) in [5, 5.41) is 2.62. The highest BCUT2D eigenvalue weighted by Gasteiger charge is 2.04. The fourth-order valence-corrected chi connectivity index (χ4v) is 0.984. The van der Waals surface area contributed by atoms with Crippen LogP contribution in [0, 0.1) is 0 Å². The molecule has 0 aliphatic carbocycles. The number of carbonyl (C=O) groups is 1. The van der Waals surface area contributed by atoms with Crippen molar-refractivity contribution in [2.75, 3.05) is 26.9 Å². The van der Waals surface area contributed by atoms with Crippen LogP contribution in [-0.2, 0) is 9.47 Å². The molecule has 0 spiro atoms. The largest absolute Gasteiger partial charge is 0.453 e. The zero-order valence-corrected chi connectivity index (χ0v) is 7.13. The van der Waals surface area contributed by atoms with Crippen LogP contribution in [0.2, 0.25) is 0 Å². The molecule has 68 valence electrons. The summed E-state index contributed by atoms with van der Waals surface area (Å²) in [7, 11) is 1.35. The lowest BCUT2D eigenvalue weighted by molar-refractivity contribution is 0.152. The minimum atomic E-state index is -0.387. The van der Waals surface area contributed by atoms with Gasteiger partial charge in [-0.1, -0.05) is 11.6 Å². The van der Waals surface area contributed by atoms with Gasteiger partial charge in [0.25, 0.3) is 0 Å². The van der Waals surface area contributed by atoms with E-state index in [1.807, 2.05) is 6.08 Å². The number of methoxy groups -OCH3 is 1. The maximum Gasteiger partial charge on any atom is 0.407 e. The maximum atomic E-state index is 10.7.